The first-order chi connectivity index (χ1) is 9.67. The molecule has 0 spiro atoms. The molecule has 0 atom stereocenters. The lowest BCUT2D eigenvalue weighted by molar-refractivity contribution is 0.0800. The summed E-state index contributed by atoms with van der Waals surface area (Å²) in [6.45, 7) is 7.40. The third-order valence-electron chi connectivity index (χ3n) is 3.81. The quantitative estimate of drug-likeness (QED) is 0.825. The molecule has 4 heteroatoms. The first kappa shape index (κ1) is 15.4. The number of carbonyl (C=O) groups is 1. The Bertz CT molecular complexity index is 455. The summed E-state index contributed by atoms with van der Waals surface area (Å²) in [6.07, 6.45) is 5.80. The lowest BCUT2D eigenvalue weighted by Gasteiger charge is -2.21. The van der Waals surface area contributed by atoms with Crippen LogP contribution in [0, 0.1) is 0 Å². The Morgan fingerprint density at radius 1 is 1.35 bits per heavy atom. The molecule has 2 rings (SSSR count). The van der Waals surface area contributed by atoms with Crippen LogP contribution in [0.1, 0.15) is 54.8 Å². The molecule has 2 heterocycles. The Balaban J connectivity index is 2.22. The van der Waals surface area contributed by atoms with Gasteiger partial charge in [0.1, 0.15) is 0 Å². The Morgan fingerprint density at radius 3 is 2.85 bits per heavy atom. The normalized spacial score (nSPS) is 14.8. The molecular formula is C16H26N2OS. The van der Waals surface area contributed by atoms with Gasteiger partial charge in [-0.25, -0.2) is 0 Å². The van der Waals surface area contributed by atoms with E-state index in [1.807, 2.05) is 11.9 Å². The van der Waals surface area contributed by atoms with E-state index < -0.39 is 0 Å². The van der Waals surface area contributed by atoms with E-state index in [4.69, 9.17) is 0 Å². The molecule has 0 aliphatic carbocycles. The van der Waals surface area contributed by atoms with Crippen LogP contribution in [0.3, 0.4) is 0 Å². The minimum Gasteiger partial charge on any atom is -0.363 e. The molecule has 1 aromatic heterocycles. The SMILES string of the molecule is CCCN(C)C(=O)c1cc2c(s1)N(CCC)CCCC2. The number of rotatable bonds is 5. The molecule has 0 unspecified atom stereocenters. The first-order valence-electron chi connectivity index (χ1n) is 7.80. The fourth-order valence-corrected chi connectivity index (χ4v) is 4.06. The van der Waals surface area contributed by atoms with Gasteiger partial charge in [-0.3, -0.25) is 4.79 Å². The highest BCUT2D eigenvalue weighted by atomic mass is 32.1. The second-order valence-electron chi connectivity index (χ2n) is 5.61. The highest BCUT2D eigenvalue weighted by Crippen LogP contribution is 2.35. The van der Waals surface area contributed by atoms with E-state index in [0.29, 0.717) is 0 Å². The molecular weight excluding hydrogens is 268 g/mol. The van der Waals surface area contributed by atoms with E-state index in [-0.39, 0.29) is 5.91 Å². The van der Waals surface area contributed by atoms with Crippen LogP contribution in [-0.4, -0.2) is 37.5 Å². The van der Waals surface area contributed by atoms with Crippen molar-refractivity contribution in [2.24, 2.45) is 0 Å². The van der Waals surface area contributed by atoms with Crippen LogP contribution in [0.2, 0.25) is 0 Å². The molecule has 0 saturated heterocycles. The fourth-order valence-electron chi connectivity index (χ4n) is 2.80. The number of aryl methyl sites for hydroxylation is 1. The van der Waals surface area contributed by atoms with Crippen LogP contribution in [0.5, 0.6) is 0 Å². The zero-order valence-corrected chi connectivity index (χ0v) is 13.8. The predicted molar refractivity (Wildman–Crippen MR) is 87.0 cm³/mol. The van der Waals surface area contributed by atoms with Crippen molar-refractivity contribution in [3.05, 3.63) is 16.5 Å². The van der Waals surface area contributed by atoms with Crippen LogP contribution in [0.4, 0.5) is 5.00 Å². The third-order valence-corrected chi connectivity index (χ3v) is 5.03. The minimum absolute atomic E-state index is 0.182. The van der Waals surface area contributed by atoms with Crippen LogP contribution < -0.4 is 4.90 Å². The van der Waals surface area contributed by atoms with Gasteiger partial charge in [0.2, 0.25) is 0 Å². The van der Waals surface area contributed by atoms with E-state index in [2.05, 4.69) is 24.8 Å². The summed E-state index contributed by atoms with van der Waals surface area (Å²) in [5.74, 6) is 0.182. The highest BCUT2D eigenvalue weighted by molar-refractivity contribution is 7.18. The molecule has 0 saturated carbocycles. The number of nitrogens with zero attached hydrogens (tertiary/aromatic N) is 2. The molecule has 1 aliphatic rings. The van der Waals surface area contributed by atoms with Crippen molar-refractivity contribution in [2.75, 3.05) is 31.6 Å². The highest BCUT2D eigenvalue weighted by Gasteiger charge is 2.22. The van der Waals surface area contributed by atoms with Gasteiger partial charge in [-0.2, -0.15) is 0 Å². The maximum atomic E-state index is 12.4. The number of hydrogen-bond donors (Lipinski definition) is 0. The number of anilines is 1. The monoisotopic (exact) mass is 294 g/mol. The van der Waals surface area contributed by atoms with E-state index in [1.54, 1.807) is 11.3 Å². The maximum absolute atomic E-state index is 12.4. The van der Waals surface area contributed by atoms with Gasteiger partial charge in [-0.1, -0.05) is 13.8 Å². The van der Waals surface area contributed by atoms with Gasteiger partial charge >= 0.3 is 0 Å². The molecule has 1 aromatic rings. The zero-order valence-electron chi connectivity index (χ0n) is 12.9. The lowest BCUT2D eigenvalue weighted by atomic mass is 10.1. The number of hydrogen-bond acceptors (Lipinski definition) is 3. The molecule has 3 nitrogen and oxygen atoms in total. The van der Waals surface area contributed by atoms with E-state index in [9.17, 15) is 4.79 Å². The molecule has 20 heavy (non-hydrogen) atoms. The van der Waals surface area contributed by atoms with Gasteiger partial charge in [-0.15, -0.1) is 11.3 Å². The average Bonchev–Trinajstić information content (AvgIpc) is 2.77. The van der Waals surface area contributed by atoms with Crippen molar-refractivity contribution < 1.29 is 4.79 Å². The Morgan fingerprint density at radius 2 is 2.15 bits per heavy atom. The van der Waals surface area contributed by atoms with Crippen LogP contribution >= 0.6 is 11.3 Å². The second kappa shape index (κ2) is 7.11. The smallest absolute Gasteiger partial charge is 0.263 e. The summed E-state index contributed by atoms with van der Waals surface area (Å²) in [6, 6.07) is 2.14. The zero-order chi connectivity index (χ0) is 14.5. The van der Waals surface area contributed by atoms with Crippen molar-refractivity contribution >= 4 is 22.2 Å². The van der Waals surface area contributed by atoms with Crippen molar-refractivity contribution in [3.63, 3.8) is 0 Å². The average molecular weight is 294 g/mol. The maximum Gasteiger partial charge on any atom is 0.263 e. The molecule has 0 bridgehead atoms. The predicted octanol–water partition coefficient (Wildman–Crippen LogP) is 3.78. The summed E-state index contributed by atoms with van der Waals surface area (Å²) in [5.41, 5.74) is 1.38. The lowest BCUT2D eigenvalue weighted by Crippen LogP contribution is -2.26. The van der Waals surface area contributed by atoms with Gasteiger partial charge in [0, 0.05) is 26.7 Å². The summed E-state index contributed by atoms with van der Waals surface area (Å²) < 4.78 is 0. The van der Waals surface area contributed by atoms with Crippen LogP contribution in [0.15, 0.2) is 6.07 Å². The standard InChI is InChI=1S/C16H26N2OS/c1-4-9-17(3)15(19)14-12-13-8-6-7-11-18(10-5-2)16(13)20-14/h12H,4-11H2,1-3H3. The summed E-state index contributed by atoms with van der Waals surface area (Å²) in [5, 5.41) is 1.34. The fraction of sp³-hybridized carbons (Fsp3) is 0.688. The van der Waals surface area contributed by atoms with Crippen molar-refractivity contribution in [1.82, 2.24) is 4.90 Å². The van der Waals surface area contributed by atoms with E-state index in [1.165, 1.54) is 23.4 Å². The van der Waals surface area contributed by atoms with E-state index in [0.717, 1.165) is 43.8 Å². The Hall–Kier alpha value is -1.03. The van der Waals surface area contributed by atoms with E-state index >= 15 is 0 Å². The molecule has 112 valence electrons. The Kier molecular flexibility index (Phi) is 5.46. The molecule has 0 aromatic carbocycles. The van der Waals surface area contributed by atoms with Crippen LogP contribution in [0.25, 0.3) is 0 Å². The molecule has 1 aliphatic heterocycles. The number of carbonyl (C=O) groups excluding carboxylic acids is 1. The van der Waals surface area contributed by atoms with Gasteiger partial charge in [0.05, 0.1) is 9.88 Å². The van der Waals surface area contributed by atoms with Gasteiger partial charge in [0.15, 0.2) is 0 Å². The summed E-state index contributed by atoms with van der Waals surface area (Å²) >= 11 is 1.69. The third kappa shape index (κ3) is 3.35. The van der Waals surface area contributed by atoms with Crippen LogP contribution in [-0.2, 0) is 6.42 Å². The number of fused-ring (bicyclic) bond motifs is 1. The van der Waals surface area contributed by atoms with Crippen molar-refractivity contribution in [3.8, 4) is 0 Å². The Labute approximate surface area is 126 Å². The minimum atomic E-state index is 0.182. The van der Waals surface area contributed by atoms with Gasteiger partial charge < -0.3 is 9.80 Å². The van der Waals surface area contributed by atoms with Crippen molar-refractivity contribution in [1.29, 1.82) is 0 Å². The number of amides is 1. The molecule has 1 amide bonds. The van der Waals surface area contributed by atoms with Crippen molar-refractivity contribution in [2.45, 2.75) is 46.0 Å². The number of thiophene rings is 1. The summed E-state index contributed by atoms with van der Waals surface area (Å²) in [4.78, 5) is 17.7. The first-order valence-corrected chi connectivity index (χ1v) is 8.62. The molecule has 0 fully saturated rings. The molecule has 0 radical (unpaired) electrons. The second-order valence-corrected chi connectivity index (χ2v) is 6.64. The van der Waals surface area contributed by atoms with Gasteiger partial charge in [-0.05, 0) is 43.7 Å². The topological polar surface area (TPSA) is 23.6 Å². The molecule has 0 N–H and O–H groups in total. The van der Waals surface area contributed by atoms with Gasteiger partial charge in [0.25, 0.3) is 5.91 Å². The largest absolute Gasteiger partial charge is 0.363 e. The summed E-state index contributed by atoms with van der Waals surface area (Å²) in [7, 11) is 1.90.